The van der Waals surface area contributed by atoms with Gasteiger partial charge >= 0.3 is 0 Å². The second-order valence-electron chi connectivity index (χ2n) is 2.50. The number of epoxide rings is 1. The third-order valence-corrected chi connectivity index (χ3v) is 2.31. The highest BCUT2D eigenvalue weighted by molar-refractivity contribution is 9.08. The van der Waals surface area contributed by atoms with Crippen LogP contribution in [0.25, 0.3) is 0 Å². The molecule has 0 spiro atoms. The smallest absolute Gasteiger partial charge is 0.123 e. The Morgan fingerprint density at radius 2 is 2.55 bits per heavy atom. The maximum atomic E-state index is 5.15. The van der Waals surface area contributed by atoms with E-state index >= 15 is 0 Å². The lowest BCUT2D eigenvalue weighted by Crippen LogP contribution is -1.92. The first kappa shape index (κ1) is 7.25. The Kier molecular flexibility index (Phi) is 1.92. The van der Waals surface area contributed by atoms with Gasteiger partial charge in [-0.25, -0.2) is 0 Å². The molecular weight excluding hydrogens is 206 g/mol. The van der Waals surface area contributed by atoms with Crippen LogP contribution in [0.1, 0.15) is 17.4 Å². The van der Waals surface area contributed by atoms with Gasteiger partial charge in [-0.3, -0.25) is 4.98 Å². The van der Waals surface area contributed by atoms with Gasteiger partial charge in [0.25, 0.3) is 0 Å². The van der Waals surface area contributed by atoms with Crippen LogP contribution in [-0.4, -0.2) is 11.6 Å². The molecule has 0 aromatic carbocycles. The molecule has 0 N–H and O–H groups in total. The number of hydrogen-bond donors (Lipinski definition) is 0. The van der Waals surface area contributed by atoms with Crippen molar-refractivity contribution in [2.75, 3.05) is 6.61 Å². The highest BCUT2D eigenvalue weighted by Gasteiger charge is 2.27. The number of ether oxygens (including phenoxy) is 1. The first-order chi connectivity index (χ1) is 5.42. The maximum absolute atomic E-state index is 5.15. The lowest BCUT2D eigenvalue weighted by molar-refractivity contribution is 0.410. The highest BCUT2D eigenvalue weighted by Crippen LogP contribution is 2.30. The molecule has 1 atom stereocenters. The van der Waals surface area contributed by atoms with Gasteiger partial charge in [0.2, 0.25) is 0 Å². The van der Waals surface area contributed by atoms with Crippen LogP contribution in [-0.2, 0) is 10.1 Å². The van der Waals surface area contributed by atoms with E-state index in [1.54, 1.807) is 0 Å². The van der Waals surface area contributed by atoms with Crippen LogP contribution < -0.4 is 0 Å². The van der Waals surface area contributed by atoms with Crippen molar-refractivity contribution in [2.24, 2.45) is 0 Å². The molecule has 2 nitrogen and oxygen atoms in total. The quantitative estimate of drug-likeness (QED) is 0.556. The van der Waals surface area contributed by atoms with Crippen molar-refractivity contribution in [1.82, 2.24) is 4.98 Å². The summed E-state index contributed by atoms with van der Waals surface area (Å²) >= 11 is 3.41. The van der Waals surface area contributed by atoms with Crippen molar-refractivity contribution < 1.29 is 4.74 Å². The molecule has 1 aromatic rings. The Morgan fingerprint density at radius 1 is 1.73 bits per heavy atom. The number of hydrogen-bond acceptors (Lipinski definition) is 2. The van der Waals surface area contributed by atoms with Crippen LogP contribution in [0.5, 0.6) is 0 Å². The van der Waals surface area contributed by atoms with Crippen molar-refractivity contribution >= 4 is 15.9 Å². The summed E-state index contributed by atoms with van der Waals surface area (Å²) in [5.74, 6) is 0. The molecule has 1 saturated heterocycles. The van der Waals surface area contributed by atoms with Crippen molar-refractivity contribution in [3.63, 3.8) is 0 Å². The number of pyridine rings is 1. The van der Waals surface area contributed by atoms with E-state index in [2.05, 4.69) is 27.0 Å². The standard InChI is InChI=1S/C8H8BrNO/c9-4-6-2-1-3-10-8(6)7-5-11-7/h1-3,7H,4-5H2. The Morgan fingerprint density at radius 3 is 3.18 bits per heavy atom. The number of nitrogens with zero attached hydrogens (tertiary/aromatic N) is 1. The maximum Gasteiger partial charge on any atom is 0.123 e. The van der Waals surface area contributed by atoms with E-state index in [4.69, 9.17) is 4.74 Å². The van der Waals surface area contributed by atoms with Crippen molar-refractivity contribution in [3.05, 3.63) is 29.6 Å². The molecule has 0 saturated carbocycles. The van der Waals surface area contributed by atoms with Gasteiger partial charge in [0, 0.05) is 11.5 Å². The van der Waals surface area contributed by atoms with Gasteiger partial charge in [-0.2, -0.15) is 0 Å². The first-order valence-electron chi connectivity index (χ1n) is 3.53. The van der Waals surface area contributed by atoms with Gasteiger partial charge in [-0.1, -0.05) is 22.0 Å². The average molecular weight is 214 g/mol. The zero-order valence-electron chi connectivity index (χ0n) is 5.96. The zero-order chi connectivity index (χ0) is 7.68. The summed E-state index contributed by atoms with van der Waals surface area (Å²) in [6, 6.07) is 4.02. The second-order valence-corrected chi connectivity index (χ2v) is 3.06. The summed E-state index contributed by atoms with van der Waals surface area (Å²) in [6.45, 7) is 0.830. The predicted molar refractivity (Wildman–Crippen MR) is 45.6 cm³/mol. The second kappa shape index (κ2) is 2.91. The summed E-state index contributed by atoms with van der Waals surface area (Å²) in [4.78, 5) is 4.26. The number of rotatable bonds is 2. The fraction of sp³-hybridized carbons (Fsp3) is 0.375. The number of aromatic nitrogens is 1. The van der Waals surface area contributed by atoms with E-state index in [9.17, 15) is 0 Å². The third-order valence-electron chi connectivity index (χ3n) is 1.71. The Bertz CT molecular complexity index is 260. The third kappa shape index (κ3) is 1.44. The molecule has 58 valence electrons. The Labute approximate surface area is 73.7 Å². The first-order valence-corrected chi connectivity index (χ1v) is 4.65. The number of alkyl halides is 1. The molecule has 0 bridgehead atoms. The molecule has 1 aliphatic heterocycles. The van der Waals surface area contributed by atoms with Crippen molar-refractivity contribution in [3.8, 4) is 0 Å². The van der Waals surface area contributed by atoms with E-state index in [0.29, 0.717) is 0 Å². The van der Waals surface area contributed by atoms with Gasteiger partial charge in [0.1, 0.15) is 6.10 Å². The lowest BCUT2D eigenvalue weighted by atomic mass is 10.2. The van der Waals surface area contributed by atoms with E-state index in [1.165, 1.54) is 5.56 Å². The minimum Gasteiger partial charge on any atom is -0.366 e. The summed E-state index contributed by atoms with van der Waals surface area (Å²) < 4.78 is 5.15. The SMILES string of the molecule is BrCc1cccnc1C1CO1. The molecule has 1 aliphatic rings. The molecule has 0 radical (unpaired) electrons. The minimum absolute atomic E-state index is 0.267. The molecule has 1 fully saturated rings. The molecule has 1 unspecified atom stereocenters. The summed E-state index contributed by atoms with van der Waals surface area (Å²) in [5.41, 5.74) is 2.32. The topological polar surface area (TPSA) is 25.4 Å². The van der Waals surface area contributed by atoms with Crippen molar-refractivity contribution in [2.45, 2.75) is 11.4 Å². The Hall–Kier alpha value is -0.410. The Balaban J connectivity index is 2.34. The molecule has 2 rings (SSSR count). The van der Waals surface area contributed by atoms with Gasteiger partial charge in [-0.15, -0.1) is 0 Å². The minimum atomic E-state index is 0.267. The normalized spacial score (nSPS) is 21.7. The van der Waals surface area contributed by atoms with Gasteiger partial charge in [-0.05, 0) is 11.6 Å². The largest absolute Gasteiger partial charge is 0.366 e. The van der Waals surface area contributed by atoms with Crippen molar-refractivity contribution in [1.29, 1.82) is 0 Å². The molecule has 0 amide bonds. The number of halogens is 1. The molecular formula is C8H8BrNO. The zero-order valence-corrected chi connectivity index (χ0v) is 7.54. The van der Waals surface area contributed by atoms with E-state index in [-0.39, 0.29) is 6.10 Å². The van der Waals surface area contributed by atoms with Crippen LogP contribution in [0.15, 0.2) is 18.3 Å². The highest BCUT2D eigenvalue weighted by atomic mass is 79.9. The van der Waals surface area contributed by atoms with E-state index < -0.39 is 0 Å². The molecule has 1 aromatic heterocycles. The van der Waals surface area contributed by atoms with Gasteiger partial charge in [0.05, 0.1) is 12.3 Å². The fourth-order valence-electron chi connectivity index (χ4n) is 1.06. The van der Waals surface area contributed by atoms with Gasteiger partial charge < -0.3 is 4.74 Å². The average Bonchev–Trinajstić information content (AvgIpc) is 2.87. The van der Waals surface area contributed by atoms with E-state index in [1.807, 2.05) is 12.3 Å². The van der Waals surface area contributed by atoms with E-state index in [0.717, 1.165) is 17.6 Å². The lowest BCUT2D eigenvalue weighted by Gasteiger charge is -2.00. The van der Waals surface area contributed by atoms with Crippen LogP contribution in [0.4, 0.5) is 0 Å². The monoisotopic (exact) mass is 213 g/mol. The van der Waals surface area contributed by atoms with Crippen LogP contribution in [0.3, 0.4) is 0 Å². The van der Waals surface area contributed by atoms with Crippen LogP contribution in [0, 0.1) is 0 Å². The fourth-order valence-corrected chi connectivity index (χ4v) is 1.53. The summed E-state index contributed by atoms with van der Waals surface area (Å²) in [7, 11) is 0. The summed E-state index contributed by atoms with van der Waals surface area (Å²) in [6.07, 6.45) is 2.08. The van der Waals surface area contributed by atoms with Gasteiger partial charge in [0.15, 0.2) is 0 Å². The molecule has 11 heavy (non-hydrogen) atoms. The van der Waals surface area contributed by atoms with Crippen LogP contribution in [0.2, 0.25) is 0 Å². The molecule has 2 heterocycles. The summed E-state index contributed by atoms with van der Waals surface area (Å²) in [5, 5.41) is 0.857. The predicted octanol–water partition coefficient (Wildman–Crippen LogP) is 2.05. The molecule has 3 heteroatoms. The molecule has 0 aliphatic carbocycles. The van der Waals surface area contributed by atoms with Crippen LogP contribution >= 0.6 is 15.9 Å².